The standard InChI is InChI=1S/C18H28N2O2/c1-16(17-7-4-3-5-8-17)9-12-19-10-6-11-20(14-13-19)18(21)15-22-2/h3-5,7-8,16H,6,9-15H2,1-2H3/t16-/m1/s1. The number of hydrogen-bond acceptors (Lipinski definition) is 3. The Kier molecular flexibility index (Phi) is 6.87. The van der Waals surface area contributed by atoms with E-state index in [0.29, 0.717) is 5.92 Å². The third-order valence-corrected chi connectivity index (χ3v) is 4.46. The van der Waals surface area contributed by atoms with Gasteiger partial charge in [0, 0.05) is 26.7 Å². The van der Waals surface area contributed by atoms with Gasteiger partial charge in [0.15, 0.2) is 0 Å². The molecule has 1 aromatic rings. The molecule has 0 bridgehead atoms. The molecule has 1 fully saturated rings. The zero-order chi connectivity index (χ0) is 15.8. The highest BCUT2D eigenvalue weighted by molar-refractivity contribution is 5.77. The number of benzene rings is 1. The molecule has 0 aromatic heterocycles. The molecule has 0 unspecified atom stereocenters. The molecule has 1 aromatic carbocycles. The molecule has 0 aliphatic carbocycles. The van der Waals surface area contributed by atoms with Crippen molar-refractivity contribution < 1.29 is 9.53 Å². The Labute approximate surface area is 134 Å². The molecule has 1 amide bonds. The van der Waals surface area contributed by atoms with Crippen LogP contribution in [0.25, 0.3) is 0 Å². The molecule has 1 saturated heterocycles. The lowest BCUT2D eigenvalue weighted by atomic mass is 9.98. The van der Waals surface area contributed by atoms with Crippen LogP contribution in [-0.4, -0.2) is 62.1 Å². The lowest BCUT2D eigenvalue weighted by Crippen LogP contribution is -2.37. The van der Waals surface area contributed by atoms with Crippen molar-refractivity contribution in [2.24, 2.45) is 0 Å². The molecule has 1 aliphatic heterocycles. The normalized spacial score (nSPS) is 18.0. The SMILES string of the molecule is COCC(=O)N1CCCN(CC[C@@H](C)c2ccccc2)CC1. The summed E-state index contributed by atoms with van der Waals surface area (Å²) >= 11 is 0. The second kappa shape index (κ2) is 8.91. The van der Waals surface area contributed by atoms with Crippen LogP contribution in [0.4, 0.5) is 0 Å². The van der Waals surface area contributed by atoms with Gasteiger partial charge in [-0.15, -0.1) is 0 Å². The first-order valence-electron chi connectivity index (χ1n) is 8.24. The predicted molar refractivity (Wildman–Crippen MR) is 89.0 cm³/mol. The maximum Gasteiger partial charge on any atom is 0.248 e. The van der Waals surface area contributed by atoms with Gasteiger partial charge in [0.1, 0.15) is 6.61 Å². The van der Waals surface area contributed by atoms with Gasteiger partial charge in [-0.1, -0.05) is 37.3 Å². The van der Waals surface area contributed by atoms with Crippen LogP contribution in [-0.2, 0) is 9.53 Å². The monoisotopic (exact) mass is 304 g/mol. The highest BCUT2D eigenvalue weighted by Crippen LogP contribution is 2.19. The number of rotatable bonds is 6. The predicted octanol–water partition coefficient (Wildman–Crippen LogP) is 2.36. The lowest BCUT2D eigenvalue weighted by Gasteiger charge is -2.23. The highest BCUT2D eigenvalue weighted by Gasteiger charge is 2.19. The molecule has 0 spiro atoms. The van der Waals surface area contributed by atoms with Gasteiger partial charge in [-0.05, 0) is 37.4 Å². The Bertz CT molecular complexity index is 450. The van der Waals surface area contributed by atoms with Crippen LogP contribution in [0, 0.1) is 0 Å². The van der Waals surface area contributed by atoms with E-state index in [1.54, 1.807) is 7.11 Å². The van der Waals surface area contributed by atoms with Gasteiger partial charge in [-0.3, -0.25) is 4.79 Å². The molecule has 122 valence electrons. The molecular weight excluding hydrogens is 276 g/mol. The minimum Gasteiger partial charge on any atom is -0.375 e. The Morgan fingerprint density at radius 2 is 1.95 bits per heavy atom. The summed E-state index contributed by atoms with van der Waals surface area (Å²) in [5, 5.41) is 0. The quantitative estimate of drug-likeness (QED) is 0.809. The van der Waals surface area contributed by atoms with E-state index in [9.17, 15) is 4.79 Å². The van der Waals surface area contributed by atoms with Crippen molar-refractivity contribution in [3.8, 4) is 0 Å². The van der Waals surface area contributed by atoms with Gasteiger partial charge in [-0.25, -0.2) is 0 Å². The van der Waals surface area contributed by atoms with Crippen molar-refractivity contribution in [2.45, 2.75) is 25.7 Å². The fourth-order valence-corrected chi connectivity index (χ4v) is 2.98. The summed E-state index contributed by atoms with van der Waals surface area (Å²) in [4.78, 5) is 16.3. The second-order valence-electron chi connectivity index (χ2n) is 6.11. The topological polar surface area (TPSA) is 32.8 Å². The molecule has 0 N–H and O–H groups in total. The van der Waals surface area contributed by atoms with Crippen LogP contribution in [0.5, 0.6) is 0 Å². The third kappa shape index (κ3) is 5.11. The summed E-state index contributed by atoms with van der Waals surface area (Å²) in [6, 6.07) is 10.7. The lowest BCUT2D eigenvalue weighted by molar-refractivity contribution is -0.135. The van der Waals surface area contributed by atoms with Gasteiger partial charge < -0.3 is 14.5 Å². The minimum atomic E-state index is 0.113. The number of methoxy groups -OCH3 is 1. The average molecular weight is 304 g/mol. The number of hydrogen-bond donors (Lipinski definition) is 0. The third-order valence-electron chi connectivity index (χ3n) is 4.46. The number of ether oxygens (including phenoxy) is 1. The Hall–Kier alpha value is -1.39. The van der Waals surface area contributed by atoms with Crippen LogP contribution >= 0.6 is 0 Å². The second-order valence-corrected chi connectivity index (χ2v) is 6.11. The molecule has 1 atom stereocenters. The summed E-state index contributed by atoms with van der Waals surface area (Å²) in [7, 11) is 1.58. The first-order chi connectivity index (χ1) is 10.7. The van der Waals surface area contributed by atoms with Gasteiger partial charge in [0.05, 0.1) is 0 Å². The van der Waals surface area contributed by atoms with E-state index in [0.717, 1.165) is 45.6 Å². The van der Waals surface area contributed by atoms with E-state index >= 15 is 0 Å². The first-order valence-corrected chi connectivity index (χ1v) is 8.24. The summed E-state index contributed by atoms with van der Waals surface area (Å²) in [6.45, 7) is 7.32. The molecular formula is C18H28N2O2. The summed E-state index contributed by atoms with van der Waals surface area (Å²) in [5.74, 6) is 0.692. The van der Waals surface area contributed by atoms with Crippen molar-refractivity contribution in [1.29, 1.82) is 0 Å². The van der Waals surface area contributed by atoms with Crippen molar-refractivity contribution in [2.75, 3.05) is 46.4 Å². The summed E-state index contributed by atoms with van der Waals surface area (Å²) < 4.78 is 4.95. The molecule has 1 aliphatic rings. The van der Waals surface area contributed by atoms with Gasteiger partial charge in [0.25, 0.3) is 0 Å². The Morgan fingerprint density at radius 1 is 1.18 bits per heavy atom. The van der Waals surface area contributed by atoms with Gasteiger partial charge in [0.2, 0.25) is 5.91 Å². The number of carbonyl (C=O) groups is 1. The van der Waals surface area contributed by atoms with E-state index in [1.807, 2.05) is 4.90 Å². The van der Waals surface area contributed by atoms with Crippen molar-refractivity contribution in [1.82, 2.24) is 9.80 Å². The number of nitrogens with zero attached hydrogens (tertiary/aromatic N) is 2. The van der Waals surface area contributed by atoms with Crippen LogP contribution in [0.15, 0.2) is 30.3 Å². The Balaban J connectivity index is 1.76. The fourth-order valence-electron chi connectivity index (χ4n) is 2.98. The van der Waals surface area contributed by atoms with E-state index in [4.69, 9.17) is 4.74 Å². The van der Waals surface area contributed by atoms with Crippen LogP contribution in [0.2, 0.25) is 0 Å². The fraction of sp³-hybridized carbons (Fsp3) is 0.611. The van der Waals surface area contributed by atoms with E-state index in [2.05, 4.69) is 42.2 Å². The van der Waals surface area contributed by atoms with E-state index < -0.39 is 0 Å². The van der Waals surface area contributed by atoms with Gasteiger partial charge in [-0.2, -0.15) is 0 Å². The molecule has 0 radical (unpaired) electrons. The first kappa shape index (κ1) is 17.0. The maximum atomic E-state index is 11.9. The summed E-state index contributed by atoms with van der Waals surface area (Å²) in [6.07, 6.45) is 2.21. The largest absolute Gasteiger partial charge is 0.375 e. The van der Waals surface area contributed by atoms with Crippen LogP contribution in [0.1, 0.15) is 31.2 Å². The van der Waals surface area contributed by atoms with E-state index in [1.165, 1.54) is 5.56 Å². The van der Waals surface area contributed by atoms with Gasteiger partial charge >= 0.3 is 0 Å². The molecule has 22 heavy (non-hydrogen) atoms. The molecule has 1 heterocycles. The molecule has 4 nitrogen and oxygen atoms in total. The van der Waals surface area contributed by atoms with E-state index in [-0.39, 0.29) is 12.5 Å². The molecule has 0 saturated carbocycles. The number of amides is 1. The summed E-state index contributed by atoms with van der Waals surface area (Å²) in [5.41, 5.74) is 1.41. The zero-order valence-corrected chi connectivity index (χ0v) is 13.8. The average Bonchev–Trinajstić information content (AvgIpc) is 2.79. The van der Waals surface area contributed by atoms with Crippen molar-refractivity contribution in [3.63, 3.8) is 0 Å². The van der Waals surface area contributed by atoms with Crippen LogP contribution < -0.4 is 0 Å². The smallest absolute Gasteiger partial charge is 0.248 e. The maximum absolute atomic E-state index is 11.9. The molecule has 4 heteroatoms. The molecule has 2 rings (SSSR count). The van der Waals surface area contributed by atoms with Crippen LogP contribution in [0.3, 0.4) is 0 Å². The number of carbonyl (C=O) groups excluding carboxylic acids is 1. The van der Waals surface area contributed by atoms with Crippen molar-refractivity contribution in [3.05, 3.63) is 35.9 Å². The van der Waals surface area contributed by atoms with Crippen molar-refractivity contribution >= 4 is 5.91 Å². The zero-order valence-electron chi connectivity index (χ0n) is 13.8. The Morgan fingerprint density at radius 3 is 2.68 bits per heavy atom. The minimum absolute atomic E-state index is 0.113. The highest BCUT2D eigenvalue weighted by atomic mass is 16.5.